The number of carbonyl (C=O) groups is 2. The van der Waals surface area contributed by atoms with E-state index in [1.54, 1.807) is 30.3 Å². The highest BCUT2D eigenvalue weighted by atomic mass is 32.1. The van der Waals surface area contributed by atoms with Crippen LogP contribution in [-0.4, -0.2) is 30.6 Å². The Bertz CT molecular complexity index is 739. The third-order valence-electron chi connectivity index (χ3n) is 4.45. The van der Waals surface area contributed by atoms with Gasteiger partial charge in [-0.3, -0.25) is 9.59 Å². The molecule has 2 aromatic rings. The van der Waals surface area contributed by atoms with Gasteiger partial charge in [0.25, 0.3) is 11.8 Å². The summed E-state index contributed by atoms with van der Waals surface area (Å²) < 4.78 is 5.62. The number of nitrogens with one attached hydrogen (secondary N) is 2. The van der Waals surface area contributed by atoms with Gasteiger partial charge in [0.05, 0.1) is 11.0 Å². The largest absolute Gasteiger partial charge is 0.378 e. The highest BCUT2D eigenvalue weighted by molar-refractivity contribution is 7.12. The Hall–Kier alpha value is -2.18. The summed E-state index contributed by atoms with van der Waals surface area (Å²) in [6, 6.07) is 10.7. The van der Waals surface area contributed by atoms with E-state index in [0.717, 1.165) is 32.3 Å². The van der Waals surface area contributed by atoms with Crippen LogP contribution in [0, 0.1) is 0 Å². The molecule has 1 aromatic heterocycles. The summed E-state index contributed by atoms with van der Waals surface area (Å²) in [5, 5.41) is 7.71. The minimum absolute atomic E-state index is 0.0797. The summed E-state index contributed by atoms with van der Waals surface area (Å²) in [6.07, 6.45) is 4.45. The van der Waals surface area contributed by atoms with Crippen molar-refractivity contribution >= 4 is 28.8 Å². The Morgan fingerprint density at radius 1 is 1.27 bits per heavy atom. The molecule has 1 aromatic carbocycles. The third-order valence-corrected chi connectivity index (χ3v) is 5.32. The van der Waals surface area contributed by atoms with Crippen molar-refractivity contribution in [1.29, 1.82) is 0 Å². The van der Waals surface area contributed by atoms with E-state index in [9.17, 15) is 9.59 Å². The van der Waals surface area contributed by atoms with E-state index in [1.807, 2.05) is 18.4 Å². The van der Waals surface area contributed by atoms with E-state index < -0.39 is 0 Å². The normalized spacial score (nSPS) is 17.7. The number of anilines is 1. The minimum Gasteiger partial charge on any atom is -0.378 e. The van der Waals surface area contributed by atoms with Gasteiger partial charge in [0.2, 0.25) is 0 Å². The maximum atomic E-state index is 12.5. The van der Waals surface area contributed by atoms with Gasteiger partial charge in [0.1, 0.15) is 0 Å². The van der Waals surface area contributed by atoms with Crippen molar-refractivity contribution in [3.63, 3.8) is 0 Å². The maximum Gasteiger partial charge on any atom is 0.265 e. The molecule has 2 heterocycles. The minimum atomic E-state index is -0.164. The van der Waals surface area contributed by atoms with Gasteiger partial charge in [-0.1, -0.05) is 12.1 Å². The third kappa shape index (κ3) is 5.16. The Morgan fingerprint density at radius 3 is 2.88 bits per heavy atom. The number of amides is 2. The van der Waals surface area contributed by atoms with Crippen molar-refractivity contribution in [2.24, 2.45) is 0 Å². The molecule has 0 spiro atoms. The second-order valence-electron chi connectivity index (χ2n) is 6.60. The Kier molecular flexibility index (Phi) is 6.41. The number of ether oxygens (including phenoxy) is 1. The van der Waals surface area contributed by atoms with Crippen LogP contribution in [-0.2, 0) is 4.74 Å². The van der Waals surface area contributed by atoms with Crippen LogP contribution in [0.3, 0.4) is 0 Å². The zero-order chi connectivity index (χ0) is 18.4. The average Bonchev–Trinajstić information content (AvgIpc) is 3.34. The van der Waals surface area contributed by atoms with Gasteiger partial charge in [-0.25, -0.2) is 0 Å². The smallest absolute Gasteiger partial charge is 0.265 e. The van der Waals surface area contributed by atoms with E-state index >= 15 is 0 Å². The Balaban J connectivity index is 1.53. The molecule has 2 atom stereocenters. The number of hydrogen-bond donors (Lipinski definition) is 2. The van der Waals surface area contributed by atoms with E-state index in [-0.39, 0.29) is 17.9 Å². The molecule has 0 radical (unpaired) electrons. The maximum absolute atomic E-state index is 12.5. The second kappa shape index (κ2) is 8.96. The summed E-state index contributed by atoms with van der Waals surface area (Å²) in [5.74, 6) is -0.292. The molecule has 6 heteroatoms. The van der Waals surface area contributed by atoms with Gasteiger partial charge >= 0.3 is 0 Å². The number of thiophene rings is 1. The number of benzene rings is 1. The van der Waals surface area contributed by atoms with E-state index in [0.29, 0.717) is 22.2 Å². The van der Waals surface area contributed by atoms with Crippen LogP contribution in [0.1, 0.15) is 52.6 Å². The summed E-state index contributed by atoms with van der Waals surface area (Å²) in [7, 11) is 0. The first kappa shape index (κ1) is 18.6. The fraction of sp³-hybridized carbons (Fsp3) is 0.400. The lowest BCUT2D eigenvalue weighted by Gasteiger charge is -2.16. The summed E-state index contributed by atoms with van der Waals surface area (Å²) in [6.45, 7) is 2.87. The van der Waals surface area contributed by atoms with Crippen LogP contribution in [0.15, 0.2) is 41.8 Å². The first-order valence-corrected chi connectivity index (χ1v) is 9.87. The summed E-state index contributed by atoms with van der Waals surface area (Å²) >= 11 is 1.38. The Labute approximate surface area is 157 Å². The molecule has 1 aliphatic rings. The highest BCUT2D eigenvalue weighted by Gasteiger charge is 2.17. The molecular formula is C20H24N2O3S. The van der Waals surface area contributed by atoms with Crippen LogP contribution in [0.25, 0.3) is 0 Å². The molecule has 3 rings (SSSR count). The number of carbonyl (C=O) groups excluding carboxylic acids is 2. The molecule has 26 heavy (non-hydrogen) atoms. The lowest BCUT2D eigenvalue weighted by molar-refractivity contribution is 0.0899. The molecule has 0 saturated carbocycles. The average molecular weight is 372 g/mol. The predicted molar refractivity (Wildman–Crippen MR) is 104 cm³/mol. The fourth-order valence-electron chi connectivity index (χ4n) is 3.03. The molecule has 2 amide bonds. The number of hydrogen-bond acceptors (Lipinski definition) is 4. The zero-order valence-electron chi connectivity index (χ0n) is 14.9. The monoisotopic (exact) mass is 372 g/mol. The van der Waals surface area contributed by atoms with Crippen LogP contribution in [0.2, 0.25) is 0 Å². The molecule has 1 fully saturated rings. The first-order valence-electron chi connectivity index (χ1n) is 8.99. The van der Waals surface area contributed by atoms with Crippen molar-refractivity contribution in [2.45, 2.75) is 44.8 Å². The van der Waals surface area contributed by atoms with Gasteiger partial charge in [0, 0.05) is 23.9 Å². The second-order valence-corrected chi connectivity index (χ2v) is 7.55. The standard InChI is InChI=1S/C20H24N2O3S/c1-14(9-10-17-7-3-11-25-17)21-19(23)15-5-2-6-16(13-15)22-20(24)18-8-4-12-26-18/h2,4-6,8,12-14,17H,3,7,9-11H2,1H3,(H,21,23)(H,22,24). The van der Waals surface area contributed by atoms with Crippen LogP contribution >= 0.6 is 11.3 Å². The van der Waals surface area contributed by atoms with Gasteiger partial charge in [-0.2, -0.15) is 0 Å². The molecule has 0 bridgehead atoms. The molecule has 2 unspecified atom stereocenters. The SMILES string of the molecule is CC(CCC1CCCO1)NC(=O)c1cccc(NC(=O)c2cccs2)c1. The molecule has 1 aliphatic heterocycles. The predicted octanol–water partition coefficient (Wildman–Crippen LogP) is 4.08. The first-order chi connectivity index (χ1) is 12.6. The van der Waals surface area contributed by atoms with Crippen molar-refractivity contribution < 1.29 is 14.3 Å². The van der Waals surface area contributed by atoms with Gasteiger partial charge in [-0.15, -0.1) is 11.3 Å². The van der Waals surface area contributed by atoms with E-state index in [4.69, 9.17) is 4.74 Å². The molecule has 5 nitrogen and oxygen atoms in total. The summed E-state index contributed by atoms with van der Waals surface area (Å²) in [5.41, 5.74) is 1.15. The molecular weight excluding hydrogens is 348 g/mol. The van der Waals surface area contributed by atoms with Crippen molar-refractivity contribution in [2.75, 3.05) is 11.9 Å². The number of rotatable bonds is 7. The van der Waals surface area contributed by atoms with Crippen LogP contribution < -0.4 is 10.6 Å². The molecule has 2 N–H and O–H groups in total. The fourth-order valence-corrected chi connectivity index (χ4v) is 3.64. The summed E-state index contributed by atoms with van der Waals surface area (Å²) in [4.78, 5) is 25.2. The van der Waals surface area contributed by atoms with Crippen molar-refractivity contribution in [1.82, 2.24) is 5.32 Å². The van der Waals surface area contributed by atoms with Gasteiger partial charge in [0.15, 0.2) is 0 Å². The lowest BCUT2D eigenvalue weighted by Crippen LogP contribution is -2.33. The van der Waals surface area contributed by atoms with Gasteiger partial charge < -0.3 is 15.4 Å². The quantitative estimate of drug-likeness (QED) is 0.770. The Morgan fingerprint density at radius 2 is 2.15 bits per heavy atom. The van der Waals surface area contributed by atoms with E-state index in [1.165, 1.54) is 11.3 Å². The molecule has 0 aliphatic carbocycles. The van der Waals surface area contributed by atoms with Crippen LogP contribution in [0.4, 0.5) is 5.69 Å². The van der Waals surface area contributed by atoms with Crippen molar-refractivity contribution in [3.05, 3.63) is 52.2 Å². The lowest BCUT2D eigenvalue weighted by atomic mass is 10.1. The topological polar surface area (TPSA) is 67.4 Å². The molecule has 138 valence electrons. The van der Waals surface area contributed by atoms with Gasteiger partial charge in [-0.05, 0) is 62.3 Å². The zero-order valence-corrected chi connectivity index (χ0v) is 15.7. The highest BCUT2D eigenvalue weighted by Crippen LogP contribution is 2.18. The molecule has 1 saturated heterocycles. The van der Waals surface area contributed by atoms with Crippen molar-refractivity contribution in [3.8, 4) is 0 Å². The van der Waals surface area contributed by atoms with Crippen LogP contribution in [0.5, 0.6) is 0 Å². The van der Waals surface area contributed by atoms with E-state index in [2.05, 4.69) is 10.6 Å².